The van der Waals surface area contributed by atoms with Crippen molar-refractivity contribution in [1.82, 2.24) is 24.9 Å². The molecular weight excluding hydrogens is 391 g/mol. The number of halogens is 1. The summed E-state index contributed by atoms with van der Waals surface area (Å²) in [6, 6.07) is 8.15. The minimum Gasteiger partial charge on any atom is -0.493 e. The Morgan fingerprint density at radius 3 is 3.00 bits per heavy atom. The highest BCUT2D eigenvalue weighted by Gasteiger charge is 2.15. The molecule has 0 fully saturated rings. The molecular formula is C20H15FN6OS. The lowest BCUT2D eigenvalue weighted by Crippen LogP contribution is -2.08. The Balaban J connectivity index is 1.43. The summed E-state index contributed by atoms with van der Waals surface area (Å²) in [5, 5.41) is 14.2. The van der Waals surface area contributed by atoms with E-state index in [1.165, 1.54) is 29.7 Å². The summed E-state index contributed by atoms with van der Waals surface area (Å²) < 4.78 is 13.6. The quantitative estimate of drug-likeness (QED) is 0.406. The highest BCUT2D eigenvalue weighted by atomic mass is 32.1. The third-order valence-corrected chi connectivity index (χ3v) is 5.36. The van der Waals surface area contributed by atoms with E-state index >= 15 is 0 Å². The van der Waals surface area contributed by atoms with Crippen molar-refractivity contribution in [3.05, 3.63) is 59.6 Å². The number of nitrogens with one attached hydrogen (secondary N) is 2. The van der Waals surface area contributed by atoms with Gasteiger partial charge in [-0.2, -0.15) is 0 Å². The summed E-state index contributed by atoms with van der Waals surface area (Å²) in [5.74, 6) is 0.583. The van der Waals surface area contributed by atoms with Gasteiger partial charge in [-0.1, -0.05) is 0 Å². The molecule has 0 aliphatic heterocycles. The zero-order chi connectivity index (χ0) is 19.8. The molecule has 3 N–H and O–H groups in total. The van der Waals surface area contributed by atoms with Crippen LogP contribution in [-0.4, -0.2) is 36.6 Å². The van der Waals surface area contributed by atoms with E-state index < -0.39 is 0 Å². The third kappa shape index (κ3) is 3.25. The summed E-state index contributed by atoms with van der Waals surface area (Å²) in [5.41, 5.74) is 4.75. The van der Waals surface area contributed by atoms with Crippen LogP contribution in [0.15, 0.2) is 48.2 Å². The van der Waals surface area contributed by atoms with Crippen LogP contribution in [0.2, 0.25) is 0 Å². The number of aromatic amines is 1. The molecule has 144 valence electrons. The van der Waals surface area contributed by atoms with Gasteiger partial charge in [-0.3, -0.25) is 0 Å². The minimum atomic E-state index is -0.257. The molecule has 0 saturated heterocycles. The number of nitrogens with zero attached hydrogens (tertiary/aromatic N) is 4. The highest BCUT2D eigenvalue weighted by Crippen LogP contribution is 2.29. The number of benzene rings is 1. The predicted molar refractivity (Wildman–Crippen MR) is 111 cm³/mol. The highest BCUT2D eigenvalue weighted by molar-refractivity contribution is 7.16. The number of rotatable bonds is 5. The normalized spacial score (nSPS) is 11.3. The van der Waals surface area contributed by atoms with Crippen molar-refractivity contribution < 1.29 is 9.50 Å². The number of anilines is 1. The number of pyridine rings is 1. The van der Waals surface area contributed by atoms with Gasteiger partial charge < -0.3 is 15.4 Å². The lowest BCUT2D eigenvalue weighted by molar-refractivity contribution is 0.455. The van der Waals surface area contributed by atoms with Crippen molar-refractivity contribution >= 4 is 38.4 Å². The molecule has 0 amide bonds. The maximum Gasteiger partial charge on any atom is 0.222 e. The molecule has 0 aliphatic carbocycles. The zero-order valence-corrected chi connectivity index (χ0v) is 15.9. The molecule has 0 atom stereocenters. The molecule has 29 heavy (non-hydrogen) atoms. The van der Waals surface area contributed by atoms with Gasteiger partial charge in [0, 0.05) is 29.8 Å². The second-order valence-corrected chi connectivity index (χ2v) is 7.29. The molecule has 9 heteroatoms. The van der Waals surface area contributed by atoms with E-state index in [0.29, 0.717) is 35.7 Å². The van der Waals surface area contributed by atoms with E-state index in [1.54, 1.807) is 23.7 Å². The van der Waals surface area contributed by atoms with Gasteiger partial charge in [-0.25, -0.2) is 24.3 Å². The Hall–Kier alpha value is -3.59. The molecule has 5 aromatic rings. The third-order valence-electron chi connectivity index (χ3n) is 4.64. The first-order valence-electron chi connectivity index (χ1n) is 8.94. The Labute approximate surface area is 168 Å². The first-order valence-corrected chi connectivity index (χ1v) is 9.82. The topological polar surface area (TPSA) is 99.6 Å². The summed E-state index contributed by atoms with van der Waals surface area (Å²) in [7, 11) is 0. The van der Waals surface area contributed by atoms with Crippen molar-refractivity contribution in [2.45, 2.75) is 6.42 Å². The van der Waals surface area contributed by atoms with Crippen molar-refractivity contribution in [3.8, 4) is 17.3 Å². The van der Waals surface area contributed by atoms with Gasteiger partial charge in [-0.15, -0.1) is 11.3 Å². The van der Waals surface area contributed by atoms with E-state index in [4.69, 9.17) is 0 Å². The molecule has 0 aliphatic rings. The van der Waals surface area contributed by atoms with Gasteiger partial charge in [0.05, 0.1) is 11.1 Å². The first-order chi connectivity index (χ1) is 14.2. The van der Waals surface area contributed by atoms with Gasteiger partial charge >= 0.3 is 0 Å². The molecule has 0 unspecified atom stereocenters. The summed E-state index contributed by atoms with van der Waals surface area (Å²) >= 11 is 1.40. The van der Waals surface area contributed by atoms with Gasteiger partial charge in [0.25, 0.3) is 0 Å². The summed E-state index contributed by atoms with van der Waals surface area (Å²) in [4.78, 5) is 21.2. The predicted octanol–water partition coefficient (Wildman–Crippen LogP) is 4.13. The molecule has 4 aromatic heterocycles. The summed E-state index contributed by atoms with van der Waals surface area (Å²) in [6.07, 6.45) is 4.07. The van der Waals surface area contributed by atoms with Crippen LogP contribution in [0.1, 0.15) is 5.56 Å². The fourth-order valence-corrected chi connectivity index (χ4v) is 3.91. The lowest BCUT2D eigenvalue weighted by atomic mass is 10.1. The average molecular weight is 406 g/mol. The van der Waals surface area contributed by atoms with Crippen LogP contribution < -0.4 is 5.32 Å². The standard InChI is InChI=1S/C20H15FN6OS/c21-12-3-4-15-14(8-12)11(9-24-15)5-7-22-18-16-20(29-10-25-16)27-17(26-18)13-2-1-6-23-19(13)28/h1-4,6,8-10,24H,5,7H2,(H,23,28)(H,22,26,27). The number of H-pyrrole nitrogens is 1. The number of thiazole rings is 1. The first kappa shape index (κ1) is 17.5. The molecule has 0 spiro atoms. The van der Waals surface area contributed by atoms with Crippen molar-refractivity contribution in [2.75, 3.05) is 11.9 Å². The zero-order valence-electron chi connectivity index (χ0n) is 15.1. The fraction of sp³-hybridized carbons (Fsp3) is 0.100. The number of aromatic hydroxyl groups is 1. The number of aromatic nitrogens is 5. The smallest absolute Gasteiger partial charge is 0.222 e. The van der Waals surface area contributed by atoms with Crippen LogP contribution in [-0.2, 0) is 6.42 Å². The second kappa shape index (κ2) is 7.10. The lowest BCUT2D eigenvalue weighted by Gasteiger charge is -2.08. The van der Waals surface area contributed by atoms with Gasteiger partial charge in [0.15, 0.2) is 11.6 Å². The van der Waals surface area contributed by atoms with Crippen LogP contribution in [0.4, 0.5) is 10.2 Å². The Bertz CT molecular complexity index is 1330. The molecule has 0 radical (unpaired) electrons. The Morgan fingerprint density at radius 1 is 1.17 bits per heavy atom. The molecule has 7 nitrogen and oxygen atoms in total. The van der Waals surface area contributed by atoms with Crippen molar-refractivity contribution in [1.29, 1.82) is 0 Å². The monoisotopic (exact) mass is 406 g/mol. The number of hydrogen-bond acceptors (Lipinski definition) is 7. The molecule has 5 rings (SSSR count). The minimum absolute atomic E-state index is 0.122. The van der Waals surface area contributed by atoms with Gasteiger partial charge in [-0.05, 0) is 42.3 Å². The average Bonchev–Trinajstić information content (AvgIpc) is 3.35. The van der Waals surface area contributed by atoms with Crippen LogP contribution in [0.3, 0.4) is 0 Å². The fourth-order valence-electron chi connectivity index (χ4n) is 3.25. The van der Waals surface area contributed by atoms with Crippen LogP contribution in [0, 0.1) is 5.82 Å². The Kier molecular flexibility index (Phi) is 4.28. The van der Waals surface area contributed by atoms with E-state index in [1.807, 2.05) is 6.20 Å². The van der Waals surface area contributed by atoms with Crippen LogP contribution >= 0.6 is 11.3 Å². The van der Waals surface area contributed by atoms with E-state index in [9.17, 15) is 9.50 Å². The molecule has 0 bridgehead atoms. The Morgan fingerprint density at radius 2 is 2.10 bits per heavy atom. The van der Waals surface area contributed by atoms with E-state index in [0.717, 1.165) is 21.3 Å². The van der Waals surface area contributed by atoms with Crippen molar-refractivity contribution in [3.63, 3.8) is 0 Å². The maximum atomic E-state index is 13.6. The number of hydrogen-bond donors (Lipinski definition) is 3. The van der Waals surface area contributed by atoms with Crippen LogP contribution in [0.25, 0.3) is 32.6 Å². The molecule has 0 saturated carbocycles. The van der Waals surface area contributed by atoms with Crippen LogP contribution in [0.5, 0.6) is 5.88 Å². The van der Waals surface area contributed by atoms with E-state index in [-0.39, 0.29) is 11.7 Å². The second-order valence-electron chi connectivity index (χ2n) is 6.46. The summed E-state index contributed by atoms with van der Waals surface area (Å²) in [6.45, 7) is 0.575. The largest absolute Gasteiger partial charge is 0.493 e. The van der Waals surface area contributed by atoms with Gasteiger partial charge in [0.2, 0.25) is 5.88 Å². The molecule has 4 heterocycles. The van der Waals surface area contributed by atoms with E-state index in [2.05, 4.69) is 30.2 Å². The maximum absolute atomic E-state index is 13.6. The number of fused-ring (bicyclic) bond motifs is 2. The van der Waals surface area contributed by atoms with Crippen molar-refractivity contribution in [2.24, 2.45) is 0 Å². The SMILES string of the molecule is Oc1ncccc1-c1nc(NCCc2c[nH]c3ccc(F)cc23)c2ncsc2n1. The molecule has 1 aromatic carbocycles. The van der Waals surface area contributed by atoms with Gasteiger partial charge in [0.1, 0.15) is 16.2 Å².